The van der Waals surface area contributed by atoms with Gasteiger partial charge < -0.3 is 20.2 Å². The minimum Gasteiger partial charge on any atom is -0.504 e. The van der Waals surface area contributed by atoms with Crippen molar-refractivity contribution in [2.24, 2.45) is 0 Å². The van der Waals surface area contributed by atoms with Gasteiger partial charge in [-0.15, -0.1) is 11.3 Å². The van der Waals surface area contributed by atoms with E-state index >= 15 is 0 Å². The standard InChI is InChI=1S/C19H23N3O6S2/c1-4-10-7-8-13(28-10)11(5-2)21-14-15(18(25)17(14)24)22-12-9-29-19(16(12)23)30(26,27)20-6-3/h7-9,11,20-23H,4-6H2,1-3H3/t11-/m1/s1. The lowest BCUT2D eigenvalue weighted by Gasteiger charge is -2.20. The highest BCUT2D eigenvalue weighted by Gasteiger charge is 2.28. The number of nitrogens with one attached hydrogen (secondary N) is 3. The van der Waals surface area contributed by atoms with Crippen molar-refractivity contribution >= 4 is 38.4 Å². The first kappa shape index (κ1) is 22.1. The van der Waals surface area contributed by atoms with Gasteiger partial charge in [-0.3, -0.25) is 9.59 Å². The van der Waals surface area contributed by atoms with Gasteiger partial charge in [-0.05, 0) is 18.6 Å². The zero-order valence-corrected chi connectivity index (χ0v) is 18.4. The Labute approximate surface area is 177 Å². The lowest BCUT2D eigenvalue weighted by atomic mass is 10.1. The molecule has 3 aromatic rings. The van der Waals surface area contributed by atoms with Crippen molar-refractivity contribution in [3.63, 3.8) is 0 Å². The van der Waals surface area contributed by atoms with Crippen molar-refractivity contribution in [1.29, 1.82) is 0 Å². The van der Waals surface area contributed by atoms with Gasteiger partial charge in [0, 0.05) is 18.3 Å². The zero-order chi connectivity index (χ0) is 22.1. The van der Waals surface area contributed by atoms with E-state index in [0.717, 1.165) is 23.5 Å². The van der Waals surface area contributed by atoms with E-state index in [4.69, 9.17) is 4.42 Å². The molecule has 1 aromatic carbocycles. The molecule has 1 atom stereocenters. The van der Waals surface area contributed by atoms with E-state index in [1.807, 2.05) is 26.0 Å². The van der Waals surface area contributed by atoms with Gasteiger partial charge in [0.2, 0.25) is 0 Å². The highest BCUT2D eigenvalue weighted by atomic mass is 32.2. The van der Waals surface area contributed by atoms with Crippen molar-refractivity contribution in [3.05, 3.63) is 49.5 Å². The third-order valence-electron chi connectivity index (χ3n) is 4.58. The van der Waals surface area contributed by atoms with Gasteiger partial charge in [0.15, 0.2) is 9.96 Å². The Bertz CT molecular complexity index is 1220. The Balaban J connectivity index is 1.86. The van der Waals surface area contributed by atoms with Crippen LogP contribution in [-0.4, -0.2) is 20.1 Å². The van der Waals surface area contributed by atoms with E-state index in [-0.39, 0.29) is 33.9 Å². The molecule has 0 fully saturated rings. The molecule has 0 spiro atoms. The summed E-state index contributed by atoms with van der Waals surface area (Å²) < 4.78 is 32.0. The lowest BCUT2D eigenvalue weighted by molar-refractivity contribution is 0.441. The summed E-state index contributed by atoms with van der Waals surface area (Å²) in [6.07, 6.45) is 1.34. The van der Waals surface area contributed by atoms with Crippen LogP contribution in [0.5, 0.6) is 5.75 Å². The molecule has 0 saturated carbocycles. The third kappa shape index (κ3) is 4.00. The summed E-state index contributed by atoms with van der Waals surface area (Å²) in [5, 5.41) is 17.4. The average Bonchev–Trinajstić information content (AvgIpc) is 3.34. The van der Waals surface area contributed by atoms with E-state index < -0.39 is 26.6 Å². The highest BCUT2D eigenvalue weighted by Crippen LogP contribution is 2.39. The van der Waals surface area contributed by atoms with Crippen LogP contribution >= 0.6 is 11.3 Å². The number of anilines is 3. The SMILES string of the molecule is CCNS(=O)(=O)c1scc(Nc2c(N[C@H](CC)c3ccc(CC)o3)c(=O)c2=O)c1O. The normalized spacial score (nSPS) is 12.9. The predicted octanol–water partition coefficient (Wildman–Crippen LogP) is 2.81. The van der Waals surface area contributed by atoms with Crippen molar-refractivity contribution in [2.75, 3.05) is 17.2 Å². The maximum absolute atomic E-state index is 12.1. The van der Waals surface area contributed by atoms with Crippen molar-refractivity contribution < 1.29 is 17.9 Å². The smallest absolute Gasteiger partial charge is 0.253 e. The number of rotatable bonds is 10. The fourth-order valence-electron chi connectivity index (χ4n) is 2.97. The molecule has 0 aliphatic carbocycles. The Hall–Kier alpha value is -2.63. The van der Waals surface area contributed by atoms with Crippen molar-refractivity contribution in [3.8, 4) is 5.75 Å². The molecule has 30 heavy (non-hydrogen) atoms. The average molecular weight is 454 g/mol. The van der Waals surface area contributed by atoms with E-state index in [0.29, 0.717) is 12.2 Å². The van der Waals surface area contributed by atoms with Gasteiger partial charge in [0.25, 0.3) is 20.9 Å². The summed E-state index contributed by atoms with van der Waals surface area (Å²) >= 11 is 0.806. The fraction of sp³-hybridized carbons (Fsp3) is 0.368. The summed E-state index contributed by atoms with van der Waals surface area (Å²) in [5.74, 6) is 0.947. The molecular formula is C19H23N3O6S2. The predicted molar refractivity (Wildman–Crippen MR) is 116 cm³/mol. The molecule has 0 bridgehead atoms. The second kappa shape index (κ2) is 8.62. The van der Waals surface area contributed by atoms with Crippen LogP contribution in [0.3, 0.4) is 0 Å². The zero-order valence-electron chi connectivity index (χ0n) is 16.7. The second-order valence-electron chi connectivity index (χ2n) is 6.58. The quantitative estimate of drug-likeness (QED) is 0.344. The Morgan fingerprint density at radius 3 is 2.43 bits per heavy atom. The van der Waals surface area contributed by atoms with Gasteiger partial charge >= 0.3 is 0 Å². The van der Waals surface area contributed by atoms with Gasteiger partial charge in [0.1, 0.15) is 22.9 Å². The number of hydrogen-bond acceptors (Lipinski definition) is 9. The van der Waals surface area contributed by atoms with E-state index in [1.54, 1.807) is 6.92 Å². The van der Waals surface area contributed by atoms with E-state index in [9.17, 15) is 23.1 Å². The van der Waals surface area contributed by atoms with Crippen LogP contribution in [-0.2, 0) is 16.4 Å². The first-order valence-electron chi connectivity index (χ1n) is 9.48. The molecule has 3 rings (SSSR count). The summed E-state index contributed by atoms with van der Waals surface area (Å²) in [5.41, 5.74) is -1.36. The van der Waals surface area contributed by atoms with Crippen molar-refractivity contribution in [1.82, 2.24) is 4.72 Å². The van der Waals surface area contributed by atoms with Crippen LogP contribution in [0, 0.1) is 0 Å². The number of sulfonamides is 1. The Morgan fingerprint density at radius 2 is 1.83 bits per heavy atom. The minimum absolute atomic E-state index is 0.0266. The molecule has 2 heterocycles. The summed E-state index contributed by atoms with van der Waals surface area (Å²) in [7, 11) is -3.86. The van der Waals surface area contributed by atoms with Crippen LogP contribution in [0.15, 0.2) is 35.7 Å². The minimum atomic E-state index is -3.86. The largest absolute Gasteiger partial charge is 0.504 e. The first-order chi connectivity index (χ1) is 14.2. The van der Waals surface area contributed by atoms with Crippen molar-refractivity contribution in [2.45, 2.75) is 43.9 Å². The summed E-state index contributed by atoms with van der Waals surface area (Å²) in [4.78, 5) is 24.2. The number of hydrogen-bond donors (Lipinski definition) is 4. The molecule has 0 aliphatic heterocycles. The summed E-state index contributed by atoms with van der Waals surface area (Å²) in [6, 6.07) is 3.35. The third-order valence-corrected chi connectivity index (χ3v) is 7.64. The maximum Gasteiger partial charge on any atom is 0.253 e. The molecule has 162 valence electrons. The molecule has 0 unspecified atom stereocenters. The highest BCUT2D eigenvalue weighted by molar-refractivity contribution is 7.91. The maximum atomic E-state index is 12.1. The summed E-state index contributed by atoms with van der Waals surface area (Å²) in [6.45, 7) is 5.66. The van der Waals surface area contributed by atoms with Crippen LogP contribution in [0.1, 0.15) is 44.8 Å². The number of aryl methyl sites for hydroxylation is 1. The van der Waals surface area contributed by atoms with Crippen LogP contribution < -0.4 is 26.2 Å². The molecule has 4 N–H and O–H groups in total. The van der Waals surface area contributed by atoms with Gasteiger partial charge in [-0.25, -0.2) is 13.1 Å². The molecule has 0 radical (unpaired) electrons. The molecule has 11 heteroatoms. The first-order valence-corrected chi connectivity index (χ1v) is 11.8. The molecule has 0 saturated heterocycles. The lowest BCUT2D eigenvalue weighted by Crippen LogP contribution is -2.37. The Kier molecular flexibility index (Phi) is 6.34. The number of furan rings is 1. The monoisotopic (exact) mass is 453 g/mol. The van der Waals surface area contributed by atoms with Crippen LogP contribution in [0.2, 0.25) is 0 Å². The molecule has 2 aromatic heterocycles. The van der Waals surface area contributed by atoms with Gasteiger partial charge in [-0.2, -0.15) is 0 Å². The fourth-order valence-corrected chi connectivity index (χ4v) is 5.29. The molecular weight excluding hydrogens is 430 g/mol. The van der Waals surface area contributed by atoms with E-state index in [1.165, 1.54) is 5.38 Å². The topological polar surface area (TPSA) is 138 Å². The molecule has 0 amide bonds. The molecule has 9 nitrogen and oxygen atoms in total. The molecule has 0 aliphatic rings. The number of aromatic hydroxyl groups is 1. The van der Waals surface area contributed by atoms with Crippen LogP contribution in [0.25, 0.3) is 0 Å². The van der Waals surface area contributed by atoms with Gasteiger partial charge in [-0.1, -0.05) is 20.8 Å². The second-order valence-corrected chi connectivity index (χ2v) is 9.42. The van der Waals surface area contributed by atoms with Crippen LogP contribution in [0.4, 0.5) is 17.1 Å². The number of thiophene rings is 1. The van der Waals surface area contributed by atoms with E-state index in [2.05, 4.69) is 15.4 Å². The van der Waals surface area contributed by atoms with Gasteiger partial charge in [0.05, 0.1) is 11.7 Å². The Morgan fingerprint density at radius 1 is 1.13 bits per heavy atom.